The van der Waals surface area contributed by atoms with Crippen LogP contribution in [0.1, 0.15) is 29.7 Å². The van der Waals surface area contributed by atoms with Crippen LogP contribution < -0.4 is 0 Å². The van der Waals surface area contributed by atoms with Crippen LogP contribution in [0.15, 0.2) is 28.8 Å². The fourth-order valence-electron chi connectivity index (χ4n) is 2.19. The van der Waals surface area contributed by atoms with E-state index in [-0.39, 0.29) is 0 Å². The Morgan fingerprint density at radius 1 is 1.32 bits per heavy atom. The van der Waals surface area contributed by atoms with E-state index in [0.29, 0.717) is 24.5 Å². The van der Waals surface area contributed by atoms with E-state index in [1.54, 1.807) is 6.20 Å². The van der Waals surface area contributed by atoms with Gasteiger partial charge in [-0.3, -0.25) is 4.79 Å². The summed E-state index contributed by atoms with van der Waals surface area (Å²) in [6, 6.07) is 5.96. The second-order valence-electron chi connectivity index (χ2n) is 5.22. The van der Waals surface area contributed by atoms with Crippen molar-refractivity contribution in [3.05, 3.63) is 41.3 Å². The first-order chi connectivity index (χ1) is 9.03. The minimum Gasteiger partial charge on any atom is -0.480 e. The van der Waals surface area contributed by atoms with Crippen LogP contribution in [0, 0.1) is 13.8 Å². The van der Waals surface area contributed by atoms with E-state index < -0.39 is 11.4 Å². The molecule has 1 heterocycles. The van der Waals surface area contributed by atoms with Crippen LogP contribution in [0.5, 0.6) is 0 Å². The molecule has 2 aromatic rings. The molecular formula is C15H15NO3. The molecule has 0 unspecified atom stereocenters. The Kier molecular flexibility index (Phi) is 2.49. The van der Waals surface area contributed by atoms with E-state index in [9.17, 15) is 9.90 Å². The highest BCUT2D eigenvalue weighted by atomic mass is 16.4. The Hall–Kier alpha value is -2.10. The normalized spacial score (nSPS) is 16.3. The average molecular weight is 257 g/mol. The zero-order valence-electron chi connectivity index (χ0n) is 10.9. The van der Waals surface area contributed by atoms with Gasteiger partial charge in [0, 0.05) is 5.56 Å². The van der Waals surface area contributed by atoms with E-state index in [1.807, 2.05) is 32.0 Å². The number of carbonyl (C=O) groups is 1. The highest BCUT2D eigenvalue weighted by Gasteiger charge is 2.55. The molecule has 0 bridgehead atoms. The van der Waals surface area contributed by atoms with Gasteiger partial charge in [-0.25, -0.2) is 4.98 Å². The molecule has 19 heavy (non-hydrogen) atoms. The van der Waals surface area contributed by atoms with Crippen molar-refractivity contribution in [1.82, 2.24) is 4.98 Å². The zero-order chi connectivity index (χ0) is 13.6. The van der Waals surface area contributed by atoms with Crippen molar-refractivity contribution < 1.29 is 14.3 Å². The summed E-state index contributed by atoms with van der Waals surface area (Å²) in [7, 11) is 0. The monoisotopic (exact) mass is 257 g/mol. The van der Waals surface area contributed by atoms with Crippen LogP contribution >= 0.6 is 0 Å². The summed E-state index contributed by atoms with van der Waals surface area (Å²) >= 11 is 0. The minimum atomic E-state index is -0.828. The highest BCUT2D eigenvalue weighted by molar-refractivity contribution is 5.84. The number of aromatic nitrogens is 1. The first-order valence-corrected chi connectivity index (χ1v) is 6.30. The number of carboxylic acid groups (broad SMARTS) is 1. The third-order valence-corrected chi connectivity index (χ3v) is 3.89. The molecule has 1 aromatic carbocycles. The molecule has 0 spiro atoms. The Bertz CT molecular complexity index is 653. The third-order valence-electron chi connectivity index (χ3n) is 3.89. The van der Waals surface area contributed by atoms with Gasteiger partial charge in [0.1, 0.15) is 11.2 Å². The number of rotatable bonds is 3. The molecule has 1 aromatic heterocycles. The van der Waals surface area contributed by atoms with E-state index in [2.05, 4.69) is 4.98 Å². The van der Waals surface area contributed by atoms with Gasteiger partial charge in [0.2, 0.25) is 5.89 Å². The molecule has 0 aliphatic heterocycles. The van der Waals surface area contributed by atoms with Gasteiger partial charge in [-0.2, -0.15) is 0 Å². The van der Waals surface area contributed by atoms with E-state index in [0.717, 1.165) is 11.1 Å². The predicted octanol–water partition coefficient (Wildman–Crippen LogP) is 3.07. The van der Waals surface area contributed by atoms with Gasteiger partial charge in [-0.15, -0.1) is 0 Å². The summed E-state index contributed by atoms with van der Waals surface area (Å²) in [5.74, 6) is 0.133. The second-order valence-corrected chi connectivity index (χ2v) is 5.22. The van der Waals surface area contributed by atoms with Crippen LogP contribution in [0.4, 0.5) is 0 Å². The second kappa shape index (κ2) is 3.95. The molecule has 3 rings (SSSR count). The maximum absolute atomic E-state index is 11.2. The smallest absolute Gasteiger partial charge is 0.317 e. The summed E-state index contributed by atoms with van der Waals surface area (Å²) in [6.45, 7) is 4.08. The van der Waals surface area contributed by atoms with Crippen LogP contribution in [-0.4, -0.2) is 16.1 Å². The van der Waals surface area contributed by atoms with Crippen molar-refractivity contribution in [2.75, 3.05) is 0 Å². The molecule has 4 heteroatoms. The van der Waals surface area contributed by atoms with E-state index in [4.69, 9.17) is 4.42 Å². The van der Waals surface area contributed by atoms with Gasteiger partial charge in [-0.1, -0.05) is 6.07 Å². The number of carboxylic acids is 1. The summed E-state index contributed by atoms with van der Waals surface area (Å²) in [5.41, 5.74) is 2.43. The maximum Gasteiger partial charge on any atom is 0.317 e. The molecule has 1 saturated carbocycles. The van der Waals surface area contributed by atoms with Crippen molar-refractivity contribution >= 4 is 5.97 Å². The van der Waals surface area contributed by atoms with Gasteiger partial charge in [0.05, 0.1) is 6.20 Å². The first-order valence-electron chi connectivity index (χ1n) is 6.30. The predicted molar refractivity (Wildman–Crippen MR) is 70.0 cm³/mol. The third kappa shape index (κ3) is 1.84. The van der Waals surface area contributed by atoms with Gasteiger partial charge in [0.15, 0.2) is 0 Å². The number of oxazole rings is 1. The quantitative estimate of drug-likeness (QED) is 0.917. The summed E-state index contributed by atoms with van der Waals surface area (Å²) in [4.78, 5) is 15.5. The molecule has 0 atom stereocenters. The number of hydrogen-bond acceptors (Lipinski definition) is 3. The number of aryl methyl sites for hydroxylation is 2. The summed E-state index contributed by atoms with van der Waals surface area (Å²) in [6.07, 6.45) is 2.80. The van der Waals surface area contributed by atoms with Crippen molar-refractivity contribution in [2.24, 2.45) is 0 Å². The lowest BCUT2D eigenvalue weighted by atomic mass is 10.1. The van der Waals surface area contributed by atoms with Crippen molar-refractivity contribution in [3.8, 4) is 11.5 Å². The summed E-state index contributed by atoms with van der Waals surface area (Å²) < 4.78 is 5.66. The maximum atomic E-state index is 11.2. The van der Waals surface area contributed by atoms with Gasteiger partial charge in [-0.05, 0) is 49.9 Å². The van der Waals surface area contributed by atoms with Crippen LogP contribution in [-0.2, 0) is 10.2 Å². The van der Waals surface area contributed by atoms with E-state index >= 15 is 0 Å². The summed E-state index contributed by atoms with van der Waals surface area (Å²) in [5, 5.41) is 9.23. The molecule has 0 saturated heterocycles. The van der Waals surface area contributed by atoms with Gasteiger partial charge >= 0.3 is 5.97 Å². The highest BCUT2D eigenvalue weighted by Crippen LogP contribution is 2.49. The molecule has 1 fully saturated rings. The Morgan fingerprint density at radius 2 is 2.05 bits per heavy atom. The van der Waals surface area contributed by atoms with Crippen LogP contribution in [0.3, 0.4) is 0 Å². The molecule has 0 radical (unpaired) electrons. The van der Waals surface area contributed by atoms with Crippen molar-refractivity contribution in [3.63, 3.8) is 0 Å². The van der Waals surface area contributed by atoms with Crippen LogP contribution in [0.25, 0.3) is 11.5 Å². The Morgan fingerprint density at radius 3 is 2.63 bits per heavy atom. The van der Waals surface area contributed by atoms with Gasteiger partial charge in [0.25, 0.3) is 0 Å². The van der Waals surface area contributed by atoms with Gasteiger partial charge < -0.3 is 9.52 Å². The zero-order valence-corrected chi connectivity index (χ0v) is 10.9. The average Bonchev–Trinajstić information content (AvgIpc) is 3.05. The molecule has 4 nitrogen and oxygen atoms in total. The lowest BCUT2D eigenvalue weighted by Gasteiger charge is -2.04. The first kappa shape index (κ1) is 12.0. The number of nitrogens with zero attached hydrogens (tertiary/aromatic N) is 1. The van der Waals surface area contributed by atoms with E-state index in [1.165, 1.54) is 5.56 Å². The number of benzene rings is 1. The number of aliphatic carboxylic acids is 1. The largest absolute Gasteiger partial charge is 0.480 e. The van der Waals surface area contributed by atoms with Crippen molar-refractivity contribution in [1.29, 1.82) is 0 Å². The molecule has 98 valence electrons. The lowest BCUT2D eigenvalue weighted by Crippen LogP contribution is -2.18. The minimum absolute atomic E-state index is 0.466. The molecule has 1 aliphatic rings. The Balaban J connectivity index is 1.97. The topological polar surface area (TPSA) is 63.3 Å². The van der Waals surface area contributed by atoms with Crippen molar-refractivity contribution in [2.45, 2.75) is 32.1 Å². The standard InChI is InChI=1S/C15H15NO3/c1-9-3-4-11(7-10(9)2)13-16-8-12(19-13)15(5-6-15)14(17)18/h3-4,7-8H,5-6H2,1-2H3,(H,17,18). The van der Waals surface area contributed by atoms with Crippen LogP contribution in [0.2, 0.25) is 0 Å². The molecular weight excluding hydrogens is 242 g/mol. The SMILES string of the molecule is Cc1ccc(-c2ncc(C3(C(=O)O)CC3)o2)cc1C. The number of hydrogen-bond donors (Lipinski definition) is 1. The fraction of sp³-hybridized carbons (Fsp3) is 0.333. The lowest BCUT2D eigenvalue weighted by molar-refractivity contribution is -0.140. The molecule has 1 N–H and O–H groups in total. The molecule has 0 amide bonds. The fourth-order valence-corrected chi connectivity index (χ4v) is 2.19. The Labute approximate surface area is 111 Å². The molecule has 1 aliphatic carbocycles.